The number of carbonyl (C=O) groups is 2. The van der Waals surface area contributed by atoms with Crippen LogP contribution in [0.1, 0.15) is 38.5 Å². The molecule has 6 heteroatoms. The molecule has 5 aliphatic rings. The second kappa shape index (κ2) is 6.13. The maximum atomic E-state index is 13.5. The highest BCUT2D eigenvalue weighted by molar-refractivity contribution is 6.31. The van der Waals surface area contributed by atoms with Crippen molar-refractivity contribution < 1.29 is 9.59 Å². The molecule has 5 nitrogen and oxygen atoms in total. The van der Waals surface area contributed by atoms with Gasteiger partial charge in [-0.3, -0.25) is 9.59 Å². The van der Waals surface area contributed by atoms with Crippen LogP contribution in [0, 0.1) is 23.2 Å². The summed E-state index contributed by atoms with van der Waals surface area (Å²) < 4.78 is 0. The molecule has 1 saturated heterocycles. The molecule has 6 rings (SSSR count). The quantitative estimate of drug-likeness (QED) is 0.791. The second-order valence-corrected chi connectivity index (χ2v) is 9.61. The van der Waals surface area contributed by atoms with Gasteiger partial charge in [0.1, 0.15) is 6.54 Å². The Morgan fingerprint density at radius 2 is 1.70 bits per heavy atom. The van der Waals surface area contributed by atoms with Gasteiger partial charge in [-0.2, -0.15) is 0 Å². The topological polar surface area (TPSA) is 66.6 Å². The van der Waals surface area contributed by atoms with Gasteiger partial charge in [-0.1, -0.05) is 11.6 Å². The molecule has 0 aromatic heterocycles. The third-order valence-corrected chi connectivity index (χ3v) is 7.52. The molecule has 4 saturated carbocycles. The fourth-order valence-corrected chi connectivity index (χ4v) is 6.73. The molecule has 1 aromatic rings. The monoisotopic (exact) mass is 387 g/mol. The molecule has 2 amide bonds. The van der Waals surface area contributed by atoms with Crippen molar-refractivity contribution in [3.8, 4) is 0 Å². The number of benzene rings is 1. The summed E-state index contributed by atoms with van der Waals surface area (Å²) in [4.78, 5) is 29.8. The van der Waals surface area contributed by atoms with E-state index >= 15 is 0 Å². The average Bonchev–Trinajstić information content (AvgIpc) is 2.62. The number of piperazine rings is 1. The molecular weight excluding hydrogens is 362 g/mol. The van der Waals surface area contributed by atoms with Crippen molar-refractivity contribution in [3.05, 3.63) is 23.2 Å². The van der Waals surface area contributed by atoms with Crippen LogP contribution in [0.25, 0.3) is 0 Å². The first-order valence-corrected chi connectivity index (χ1v) is 10.5. The zero-order valence-electron chi connectivity index (χ0n) is 15.5. The lowest BCUT2D eigenvalue weighted by Gasteiger charge is -2.57. The highest BCUT2D eigenvalue weighted by atomic mass is 35.5. The number of hydrogen-bond donors (Lipinski definition) is 1. The number of hydrogen-bond acceptors (Lipinski definition) is 3. The average molecular weight is 388 g/mol. The summed E-state index contributed by atoms with van der Waals surface area (Å²) in [5.41, 5.74) is 7.04. The van der Waals surface area contributed by atoms with E-state index in [9.17, 15) is 9.59 Å². The summed E-state index contributed by atoms with van der Waals surface area (Å²) in [5.74, 6) is 2.33. The zero-order valence-corrected chi connectivity index (χ0v) is 16.3. The predicted octanol–water partition coefficient (Wildman–Crippen LogP) is 3.31. The van der Waals surface area contributed by atoms with Gasteiger partial charge in [-0.05, 0) is 74.5 Å². The second-order valence-electron chi connectivity index (χ2n) is 9.17. The third kappa shape index (κ3) is 2.82. The van der Waals surface area contributed by atoms with Crippen LogP contribution in [0.2, 0.25) is 5.02 Å². The van der Waals surface area contributed by atoms with Crippen LogP contribution >= 0.6 is 11.6 Å². The Morgan fingerprint density at radius 3 is 2.30 bits per heavy atom. The molecule has 1 aliphatic heterocycles. The fourth-order valence-electron chi connectivity index (χ4n) is 6.56. The Bertz CT molecular complexity index is 773. The number of nitrogens with zero attached hydrogens (tertiary/aromatic N) is 2. The summed E-state index contributed by atoms with van der Waals surface area (Å²) in [7, 11) is 0. The van der Waals surface area contributed by atoms with Gasteiger partial charge in [-0.25, -0.2) is 0 Å². The van der Waals surface area contributed by atoms with E-state index in [2.05, 4.69) is 0 Å². The molecule has 1 heterocycles. The lowest BCUT2D eigenvalue weighted by molar-refractivity contribution is -0.159. The minimum absolute atomic E-state index is 0.0757. The van der Waals surface area contributed by atoms with Gasteiger partial charge in [0, 0.05) is 18.1 Å². The van der Waals surface area contributed by atoms with Crippen molar-refractivity contribution in [1.29, 1.82) is 0 Å². The Labute approximate surface area is 164 Å². The molecule has 2 N–H and O–H groups in total. The Balaban J connectivity index is 1.33. The summed E-state index contributed by atoms with van der Waals surface area (Å²) in [5, 5.41) is 0.555. The van der Waals surface area contributed by atoms with Crippen molar-refractivity contribution in [2.24, 2.45) is 23.2 Å². The predicted molar refractivity (Wildman–Crippen MR) is 105 cm³/mol. The van der Waals surface area contributed by atoms with Crippen molar-refractivity contribution in [1.82, 2.24) is 4.90 Å². The molecule has 144 valence electrons. The summed E-state index contributed by atoms with van der Waals surface area (Å²) in [6.45, 7) is 1.19. The molecular formula is C21H26ClN3O2. The minimum atomic E-state index is -0.188. The fraction of sp³-hybridized carbons (Fsp3) is 0.619. The highest BCUT2D eigenvalue weighted by Crippen LogP contribution is 2.60. The lowest BCUT2D eigenvalue weighted by Crippen LogP contribution is -2.59. The van der Waals surface area contributed by atoms with Gasteiger partial charge in [-0.15, -0.1) is 0 Å². The van der Waals surface area contributed by atoms with E-state index in [-0.39, 0.29) is 23.8 Å². The van der Waals surface area contributed by atoms with Crippen LogP contribution in [-0.2, 0) is 9.59 Å². The number of amides is 2. The maximum Gasteiger partial charge on any atom is 0.246 e. The third-order valence-electron chi connectivity index (χ3n) is 7.28. The summed E-state index contributed by atoms with van der Waals surface area (Å²) in [6, 6.07) is 5.17. The zero-order chi connectivity index (χ0) is 18.8. The largest absolute Gasteiger partial charge is 0.397 e. The van der Waals surface area contributed by atoms with Crippen LogP contribution in [0.15, 0.2) is 18.2 Å². The molecule has 0 radical (unpaired) electrons. The number of nitrogen functional groups attached to an aromatic ring is 1. The standard InChI is InChI=1S/C21H26ClN3O2/c22-16-1-2-17(23)18(8-16)25-4-3-24(12-19(25)26)20(27)21-9-13-5-14(10-21)7-15(6-13)11-21/h1-2,8,13-15H,3-7,9-12,23H2. The molecule has 27 heavy (non-hydrogen) atoms. The smallest absolute Gasteiger partial charge is 0.246 e. The van der Waals surface area contributed by atoms with Gasteiger partial charge in [0.05, 0.1) is 16.8 Å². The van der Waals surface area contributed by atoms with Crippen LogP contribution in [0.5, 0.6) is 0 Å². The van der Waals surface area contributed by atoms with Gasteiger partial charge >= 0.3 is 0 Å². The van der Waals surface area contributed by atoms with Gasteiger partial charge in [0.2, 0.25) is 11.8 Å². The van der Waals surface area contributed by atoms with Gasteiger partial charge in [0.15, 0.2) is 0 Å². The SMILES string of the molecule is Nc1ccc(Cl)cc1N1CCN(C(=O)C23CC4CC(CC(C4)C2)C3)CC1=O. The number of carbonyl (C=O) groups excluding carboxylic acids is 2. The first kappa shape index (κ1) is 17.4. The number of halogens is 1. The van der Waals surface area contributed by atoms with Crippen LogP contribution in [-0.4, -0.2) is 36.3 Å². The molecule has 0 unspecified atom stereocenters. The summed E-state index contributed by atoms with van der Waals surface area (Å²) >= 11 is 6.08. The Morgan fingerprint density at radius 1 is 1.07 bits per heavy atom. The molecule has 4 bridgehead atoms. The van der Waals surface area contributed by atoms with Crippen molar-refractivity contribution in [3.63, 3.8) is 0 Å². The lowest BCUT2D eigenvalue weighted by atomic mass is 9.49. The van der Waals surface area contributed by atoms with E-state index in [0.29, 0.717) is 29.5 Å². The Kier molecular flexibility index (Phi) is 3.94. The van der Waals surface area contributed by atoms with E-state index < -0.39 is 0 Å². The van der Waals surface area contributed by atoms with Crippen LogP contribution in [0.4, 0.5) is 11.4 Å². The van der Waals surface area contributed by atoms with E-state index in [4.69, 9.17) is 17.3 Å². The normalized spacial score (nSPS) is 35.0. The number of nitrogens with two attached hydrogens (primary N) is 1. The molecule has 1 aromatic carbocycles. The number of anilines is 2. The highest BCUT2D eigenvalue weighted by Gasteiger charge is 2.56. The number of rotatable bonds is 2. The van der Waals surface area contributed by atoms with Crippen LogP contribution in [0.3, 0.4) is 0 Å². The molecule has 0 spiro atoms. The van der Waals surface area contributed by atoms with E-state index in [1.54, 1.807) is 23.1 Å². The van der Waals surface area contributed by atoms with Crippen LogP contribution < -0.4 is 10.6 Å². The van der Waals surface area contributed by atoms with Crippen molar-refractivity contribution in [2.75, 3.05) is 30.3 Å². The molecule has 5 fully saturated rings. The van der Waals surface area contributed by atoms with E-state index in [0.717, 1.165) is 37.0 Å². The first-order valence-electron chi connectivity index (χ1n) is 10.1. The molecule has 0 atom stereocenters. The van der Waals surface area contributed by atoms with Gasteiger partial charge in [0.25, 0.3) is 0 Å². The van der Waals surface area contributed by atoms with E-state index in [1.807, 2.05) is 4.90 Å². The Hall–Kier alpha value is -1.75. The molecule has 4 aliphatic carbocycles. The van der Waals surface area contributed by atoms with E-state index in [1.165, 1.54) is 19.3 Å². The maximum absolute atomic E-state index is 13.5. The minimum Gasteiger partial charge on any atom is -0.397 e. The van der Waals surface area contributed by atoms with Crippen molar-refractivity contribution >= 4 is 34.8 Å². The first-order chi connectivity index (χ1) is 12.9. The van der Waals surface area contributed by atoms with Crippen molar-refractivity contribution in [2.45, 2.75) is 38.5 Å². The summed E-state index contributed by atoms with van der Waals surface area (Å²) in [6.07, 6.45) is 7.04. The van der Waals surface area contributed by atoms with Gasteiger partial charge < -0.3 is 15.5 Å².